The summed E-state index contributed by atoms with van der Waals surface area (Å²) in [4.78, 5) is 7.23. The number of furan rings is 1. The maximum absolute atomic E-state index is 7.05. The highest BCUT2D eigenvalue weighted by molar-refractivity contribution is 7.00. The van der Waals surface area contributed by atoms with Crippen molar-refractivity contribution >= 4 is 85.5 Å². The van der Waals surface area contributed by atoms with Crippen molar-refractivity contribution in [1.82, 2.24) is 0 Å². The molecule has 0 radical (unpaired) electrons. The van der Waals surface area contributed by atoms with E-state index < -0.39 is 0 Å². The van der Waals surface area contributed by atoms with E-state index in [0.717, 1.165) is 67.9 Å². The number of ether oxygens (including phenoxy) is 1. The molecule has 0 aliphatic carbocycles. The van der Waals surface area contributed by atoms with Gasteiger partial charge in [-0.05, 0) is 94.8 Å². The molecule has 0 saturated carbocycles. The molecule has 2 bridgehead atoms. The fraction of sp³-hybridized carbons (Fsp3) is 0.0638. The van der Waals surface area contributed by atoms with Crippen LogP contribution in [0.3, 0.4) is 0 Å². The van der Waals surface area contributed by atoms with Crippen LogP contribution in [0.5, 0.6) is 11.5 Å². The number of para-hydroxylation sites is 7. The Kier molecular flexibility index (Phi) is 5.60. The Morgan fingerprint density at radius 3 is 1.98 bits per heavy atom. The molecule has 0 saturated heterocycles. The SMILES string of the molecule is CC1(C)c2ccccc2N2c3c1ccc1c3B(c3ccc4cc3N1c1ccccc1Oc1ccccc1N4c1ccccc1)c1oc3ccccc3c12. The number of nitrogens with zero attached hydrogens (tertiary/aromatic N) is 3. The summed E-state index contributed by atoms with van der Waals surface area (Å²) >= 11 is 0. The minimum Gasteiger partial charge on any atom is -0.468 e. The number of anilines is 9. The summed E-state index contributed by atoms with van der Waals surface area (Å²) in [5, 5.41) is 1.12. The molecule has 12 rings (SSSR count). The summed E-state index contributed by atoms with van der Waals surface area (Å²) in [6, 6.07) is 56.4. The van der Waals surface area contributed by atoms with Gasteiger partial charge in [-0.25, -0.2) is 0 Å². The van der Waals surface area contributed by atoms with Crippen molar-refractivity contribution in [3.63, 3.8) is 0 Å². The van der Waals surface area contributed by atoms with E-state index >= 15 is 0 Å². The predicted molar refractivity (Wildman–Crippen MR) is 217 cm³/mol. The standard InChI is InChI=1S/C47H32BN3O2/c1-47(2)32-17-7-8-18-35(32)51-44-31-16-6-11-21-40(31)53-46(44)48-34-26-24-30-28-39(34)50(38-27-25-33(47)45(51)43(38)48)37-20-10-13-23-42(37)52-41-22-12-9-19-36(41)49(30)29-14-4-3-5-15-29/h3-28H,1-2H3. The third kappa shape index (κ3) is 3.72. The Hall–Kier alpha value is -6.66. The van der Waals surface area contributed by atoms with Crippen molar-refractivity contribution in [2.45, 2.75) is 19.3 Å². The lowest BCUT2D eigenvalue weighted by molar-refractivity contribution is 0.484. The third-order valence-corrected chi connectivity index (χ3v) is 11.8. The minimum absolute atomic E-state index is 0.131. The van der Waals surface area contributed by atoms with E-state index in [1.165, 1.54) is 33.4 Å². The first-order valence-electron chi connectivity index (χ1n) is 18.3. The molecule has 4 aliphatic rings. The van der Waals surface area contributed by atoms with Gasteiger partial charge in [0.1, 0.15) is 5.58 Å². The van der Waals surface area contributed by atoms with Gasteiger partial charge in [0, 0.05) is 39.2 Å². The van der Waals surface area contributed by atoms with Gasteiger partial charge in [0.25, 0.3) is 6.71 Å². The molecule has 4 aliphatic heterocycles. The Morgan fingerprint density at radius 2 is 1.17 bits per heavy atom. The third-order valence-electron chi connectivity index (χ3n) is 11.8. The van der Waals surface area contributed by atoms with E-state index in [9.17, 15) is 0 Å². The maximum Gasteiger partial charge on any atom is 0.297 e. The minimum atomic E-state index is -0.226. The van der Waals surface area contributed by atoms with Crippen LogP contribution in [0.15, 0.2) is 162 Å². The Labute approximate surface area is 308 Å². The number of fused-ring (bicyclic) bond motifs is 13. The molecule has 250 valence electrons. The fourth-order valence-corrected chi connectivity index (χ4v) is 9.50. The van der Waals surface area contributed by atoms with Crippen LogP contribution >= 0.6 is 0 Å². The molecule has 0 unspecified atom stereocenters. The normalized spacial score (nSPS) is 15.1. The molecule has 0 atom stereocenters. The molecular formula is C47H32BN3O2. The zero-order valence-corrected chi connectivity index (χ0v) is 29.2. The fourth-order valence-electron chi connectivity index (χ4n) is 9.50. The second kappa shape index (κ2) is 10.2. The predicted octanol–water partition coefficient (Wildman–Crippen LogP) is 10.7. The Balaban J connectivity index is 1.22. The highest BCUT2D eigenvalue weighted by Crippen LogP contribution is 2.57. The summed E-state index contributed by atoms with van der Waals surface area (Å²) < 4.78 is 14.1. The van der Waals surface area contributed by atoms with Crippen LogP contribution in [-0.2, 0) is 5.41 Å². The number of rotatable bonds is 1. The van der Waals surface area contributed by atoms with Gasteiger partial charge >= 0.3 is 0 Å². The van der Waals surface area contributed by atoms with Gasteiger partial charge in [-0.2, -0.15) is 0 Å². The van der Waals surface area contributed by atoms with Crippen molar-refractivity contribution in [2.75, 3.05) is 14.7 Å². The van der Waals surface area contributed by atoms with Crippen LogP contribution in [0.1, 0.15) is 25.0 Å². The van der Waals surface area contributed by atoms with Crippen molar-refractivity contribution in [2.24, 2.45) is 0 Å². The summed E-state index contributed by atoms with van der Waals surface area (Å²) in [6.45, 7) is 4.60. The Bertz CT molecular complexity index is 2840. The van der Waals surface area contributed by atoms with Crippen molar-refractivity contribution in [3.8, 4) is 11.5 Å². The largest absolute Gasteiger partial charge is 0.468 e. The van der Waals surface area contributed by atoms with Gasteiger partial charge in [-0.1, -0.05) is 98.8 Å². The highest BCUT2D eigenvalue weighted by Gasteiger charge is 2.51. The molecule has 6 heteroatoms. The van der Waals surface area contributed by atoms with Gasteiger partial charge in [0.05, 0.1) is 28.4 Å². The van der Waals surface area contributed by atoms with Gasteiger partial charge < -0.3 is 23.9 Å². The van der Waals surface area contributed by atoms with E-state index in [2.05, 4.69) is 180 Å². The molecule has 0 N–H and O–H groups in total. The van der Waals surface area contributed by atoms with Crippen molar-refractivity contribution in [3.05, 3.63) is 169 Å². The maximum atomic E-state index is 7.05. The first kappa shape index (κ1) is 29.0. The Morgan fingerprint density at radius 1 is 0.491 bits per heavy atom. The summed E-state index contributed by atoms with van der Waals surface area (Å²) in [6.07, 6.45) is 0. The molecule has 53 heavy (non-hydrogen) atoms. The quantitative estimate of drug-likeness (QED) is 0.161. The molecule has 0 amide bonds. The molecule has 0 fully saturated rings. The number of hydrogen-bond donors (Lipinski definition) is 0. The van der Waals surface area contributed by atoms with Crippen LogP contribution in [0, 0.1) is 0 Å². The molecule has 5 nitrogen and oxygen atoms in total. The van der Waals surface area contributed by atoms with Crippen LogP contribution in [-0.4, -0.2) is 6.71 Å². The summed E-state index contributed by atoms with van der Waals surface area (Å²) in [5.41, 5.74) is 16.6. The van der Waals surface area contributed by atoms with Crippen LogP contribution in [0.25, 0.3) is 11.0 Å². The molecule has 8 aromatic rings. The topological polar surface area (TPSA) is 32.1 Å². The second-order valence-corrected chi connectivity index (χ2v) is 14.9. The lowest BCUT2D eigenvalue weighted by Crippen LogP contribution is -2.62. The van der Waals surface area contributed by atoms with Crippen LogP contribution in [0.4, 0.5) is 51.2 Å². The first-order chi connectivity index (χ1) is 26.1. The monoisotopic (exact) mass is 681 g/mol. The molecule has 1 aromatic heterocycles. The van der Waals surface area contributed by atoms with E-state index in [1.54, 1.807) is 0 Å². The summed E-state index contributed by atoms with van der Waals surface area (Å²) in [5.74, 6) is 1.58. The first-order valence-corrected chi connectivity index (χ1v) is 18.3. The van der Waals surface area contributed by atoms with E-state index in [-0.39, 0.29) is 12.1 Å². The molecule has 7 aromatic carbocycles. The second-order valence-electron chi connectivity index (χ2n) is 14.9. The van der Waals surface area contributed by atoms with Crippen LogP contribution in [0.2, 0.25) is 0 Å². The highest BCUT2D eigenvalue weighted by atomic mass is 16.5. The summed E-state index contributed by atoms with van der Waals surface area (Å²) in [7, 11) is 0. The zero-order chi connectivity index (χ0) is 35.0. The average Bonchev–Trinajstić information content (AvgIpc) is 3.58. The molecule has 5 heterocycles. The van der Waals surface area contributed by atoms with Crippen molar-refractivity contribution < 1.29 is 9.15 Å². The zero-order valence-electron chi connectivity index (χ0n) is 29.2. The van der Waals surface area contributed by atoms with Crippen LogP contribution < -0.4 is 36.0 Å². The van der Waals surface area contributed by atoms with E-state index in [1.807, 2.05) is 6.07 Å². The van der Waals surface area contributed by atoms with Gasteiger partial charge in [-0.15, -0.1) is 0 Å². The van der Waals surface area contributed by atoms with Gasteiger partial charge in [0.15, 0.2) is 11.5 Å². The lowest BCUT2D eigenvalue weighted by atomic mass is 9.35. The number of benzene rings is 7. The van der Waals surface area contributed by atoms with E-state index in [4.69, 9.17) is 9.15 Å². The number of hydrogen-bond acceptors (Lipinski definition) is 5. The van der Waals surface area contributed by atoms with Gasteiger partial charge in [0.2, 0.25) is 0 Å². The smallest absolute Gasteiger partial charge is 0.297 e. The van der Waals surface area contributed by atoms with Crippen molar-refractivity contribution in [1.29, 1.82) is 0 Å². The van der Waals surface area contributed by atoms with E-state index in [0.29, 0.717) is 0 Å². The average molecular weight is 682 g/mol. The van der Waals surface area contributed by atoms with Gasteiger partial charge in [-0.3, -0.25) is 0 Å². The lowest BCUT2D eigenvalue weighted by Gasteiger charge is -2.49. The molecule has 0 spiro atoms. The molecular weight excluding hydrogens is 649 g/mol.